The number of rotatable bonds is 8. The Morgan fingerprint density at radius 1 is 1.22 bits per heavy atom. The maximum Gasteiger partial charge on any atom is 0.251 e. The molecule has 0 radical (unpaired) electrons. The second kappa shape index (κ2) is 8.71. The topological polar surface area (TPSA) is 56.2 Å². The summed E-state index contributed by atoms with van der Waals surface area (Å²) < 4.78 is 7.48. The summed E-state index contributed by atoms with van der Waals surface area (Å²) in [6, 6.07) is 15.4. The molecule has 0 aliphatic carbocycles. The van der Waals surface area contributed by atoms with Gasteiger partial charge in [-0.05, 0) is 36.2 Å². The van der Waals surface area contributed by atoms with Crippen LogP contribution in [0.15, 0.2) is 48.5 Å². The summed E-state index contributed by atoms with van der Waals surface area (Å²) in [5.41, 5.74) is 2.77. The number of hydrogen-bond donors (Lipinski definition) is 1. The Balaban J connectivity index is 1.70. The van der Waals surface area contributed by atoms with E-state index in [0.29, 0.717) is 30.2 Å². The third-order valence-corrected chi connectivity index (χ3v) is 4.89. The molecule has 0 fully saturated rings. The van der Waals surface area contributed by atoms with Crippen LogP contribution in [0.1, 0.15) is 36.5 Å². The van der Waals surface area contributed by atoms with Crippen LogP contribution in [0.3, 0.4) is 0 Å². The van der Waals surface area contributed by atoms with Gasteiger partial charge in [-0.2, -0.15) is 0 Å². The molecule has 0 spiro atoms. The maximum absolute atomic E-state index is 12.4. The number of para-hydroxylation sites is 2. The molecule has 0 aliphatic rings. The molecule has 27 heavy (non-hydrogen) atoms. The van der Waals surface area contributed by atoms with E-state index in [9.17, 15) is 4.79 Å². The summed E-state index contributed by atoms with van der Waals surface area (Å²) in [5.74, 6) is 2.17. The van der Waals surface area contributed by atoms with Gasteiger partial charge < -0.3 is 14.6 Å². The molecule has 0 aliphatic heterocycles. The molecule has 142 valence electrons. The maximum atomic E-state index is 12.4. The molecule has 1 N–H and O–H groups in total. The Kier molecular flexibility index (Phi) is 6.12. The van der Waals surface area contributed by atoms with Crippen LogP contribution in [-0.4, -0.2) is 29.1 Å². The molecule has 2 aromatic carbocycles. The molecule has 0 saturated carbocycles. The standard InChI is InChI=1S/C22H27N3O2/c1-4-16(2)15-25-20-11-6-5-10-19(20)24-21(25)12-13-23-22(26)17-8-7-9-18(14-17)27-3/h5-11,14,16H,4,12-13,15H2,1-3H3,(H,23,26). The van der Waals surface area contributed by atoms with E-state index in [2.05, 4.69) is 29.8 Å². The Morgan fingerprint density at radius 2 is 2.04 bits per heavy atom. The lowest BCUT2D eigenvalue weighted by atomic mass is 10.1. The number of nitrogens with zero attached hydrogens (tertiary/aromatic N) is 2. The number of imidazole rings is 1. The van der Waals surface area contributed by atoms with Crippen molar-refractivity contribution in [3.8, 4) is 5.75 Å². The van der Waals surface area contributed by atoms with E-state index in [1.165, 1.54) is 0 Å². The minimum atomic E-state index is -0.0986. The van der Waals surface area contributed by atoms with Gasteiger partial charge in [0.25, 0.3) is 5.91 Å². The molecule has 0 bridgehead atoms. The number of amides is 1. The highest BCUT2D eigenvalue weighted by Gasteiger charge is 2.13. The second-order valence-electron chi connectivity index (χ2n) is 6.88. The van der Waals surface area contributed by atoms with Crippen LogP contribution in [0.25, 0.3) is 11.0 Å². The first-order valence-electron chi connectivity index (χ1n) is 9.48. The van der Waals surface area contributed by atoms with Crippen LogP contribution >= 0.6 is 0 Å². The summed E-state index contributed by atoms with van der Waals surface area (Å²) in [4.78, 5) is 17.2. The van der Waals surface area contributed by atoms with Gasteiger partial charge in [0.1, 0.15) is 11.6 Å². The highest BCUT2D eigenvalue weighted by atomic mass is 16.5. The summed E-state index contributed by atoms with van der Waals surface area (Å²) >= 11 is 0. The lowest BCUT2D eigenvalue weighted by Gasteiger charge is -2.14. The lowest BCUT2D eigenvalue weighted by Crippen LogP contribution is -2.26. The molecular weight excluding hydrogens is 338 g/mol. The van der Waals surface area contributed by atoms with Gasteiger partial charge >= 0.3 is 0 Å². The largest absolute Gasteiger partial charge is 0.497 e. The average molecular weight is 365 g/mol. The fourth-order valence-electron chi connectivity index (χ4n) is 3.11. The third-order valence-electron chi connectivity index (χ3n) is 4.89. The highest BCUT2D eigenvalue weighted by Crippen LogP contribution is 2.19. The predicted octanol–water partition coefficient (Wildman–Crippen LogP) is 4.06. The fourth-order valence-corrected chi connectivity index (χ4v) is 3.11. The lowest BCUT2D eigenvalue weighted by molar-refractivity contribution is 0.0953. The molecule has 5 heteroatoms. The Morgan fingerprint density at radius 3 is 2.81 bits per heavy atom. The van der Waals surface area contributed by atoms with Crippen molar-refractivity contribution >= 4 is 16.9 Å². The first kappa shape index (κ1) is 19.0. The van der Waals surface area contributed by atoms with Crippen molar-refractivity contribution in [2.24, 2.45) is 5.92 Å². The van der Waals surface area contributed by atoms with Crippen molar-refractivity contribution in [1.29, 1.82) is 0 Å². The SMILES string of the molecule is CCC(C)Cn1c(CCNC(=O)c2cccc(OC)c2)nc2ccccc21. The van der Waals surface area contributed by atoms with Gasteiger partial charge in [0.15, 0.2) is 0 Å². The molecule has 1 heterocycles. The summed E-state index contributed by atoms with van der Waals surface area (Å²) in [5, 5.41) is 2.99. The van der Waals surface area contributed by atoms with E-state index in [-0.39, 0.29) is 5.91 Å². The van der Waals surface area contributed by atoms with E-state index in [4.69, 9.17) is 9.72 Å². The minimum Gasteiger partial charge on any atom is -0.497 e. The molecule has 5 nitrogen and oxygen atoms in total. The summed E-state index contributed by atoms with van der Waals surface area (Å²) in [6.07, 6.45) is 1.82. The number of hydrogen-bond acceptors (Lipinski definition) is 3. The van der Waals surface area contributed by atoms with Crippen LogP contribution in [-0.2, 0) is 13.0 Å². The number of methoxy groups -OCH3 is 1. The number of ether oxygens (including phenoxy) is 1. The van der Waals surface area contributed by atoms with Gasteiger partial charge in [-0.25, -0.2) is 4.98 Å². The van der Waals surface area contributed by atoms with E-state index in [1.54, 1.807) is 19.2 Å². The second-order valence-corrected chi connectivity index (χ2v) is 6.88. The van der Waals surface area contributed by atoms with E-state index in [0.717, 1.165) is 29.8 Å². The van der Waals surface area contributed by atoms with Gasteiger partial charge in [-0.1, -0.05) is 38.5 Å². The van der Waals surface area contributed by atoms with Crippen molar-refractivity contribution in [2.45, 2.75) is 33.2 Å². The monoisotopic (exact) mass is 365 g/mol. The van der Waals surface area contributed by atoms with Crippen molar-refractivity contribution in [3.63, 3.8) is 0 Å². The first-order chi connectivity index (χ1) is 13.1. The first-order valence-corrected chi connectivity index (χ1v) is 9.48. The van der Waals surface area contributed by atoms with Crippen molar-refractivity contribution < 1.29 is 9.53 Å². The number of aromatic nitrogens is 2. The van der Waals surface area contributed by atoms with Gasteiger partial charge in [0.05, 0.1) is 18.1 Å². The van der Waals surface area contributed by atoms with Crippen LogP contribution < -0.4 is 10.1 Å². The molecular formula is C22H27N3O2. The van der Waals surface area contributed by atoms with Crippen LogP contribution in [0.2, 0.25) is 0 Å². The van der Waals surface area contributed by atoms with Crippen LogP contribution in [0.5, 0.6) is 5.75 Å². The molecule has 3 rings (SSSR count). The normalized spacial score (nSPS) is 12.1. The summed E-state index contributed by atoms with van der Waals surface area (Å²) in [7, 11) is 1.60. The van der Waals surface area contributed by atoms with E-state index in [1.807, 2.05) is 30.3 Å². The Bertz CT molecular complexity index is 917. The number of benzene rings is 2. The predicted molar refractivity (Wildman–Crippen MR) is 108 cm³/mol. The van der Waals surface area contributed by atoms with E-state index < -0.39 is 0 Å². The number of nitrogens with one attached hydrogen (secondary N) is 1. The fraction of sp³-hybridized carbons (Fsp3) is 0.364. The van der Waals surface area contributed by atoms with Gasteiger partial charge in [0, 0.05) is 25.1 Å². The highest BCUT2D eigenvalue weighted by molar-refractivity contribution is 5.94. The van der Waals surface area contributed by atoms with Crippen LogP contribution in [0, 0.1) is 5.92 Å². The van der Waals surface area contributed by atoms with Crippen molar-refractivity contribution in [3.05, 3.63) is 59.9 Å². The zero-order valence-corrected chi connectivity index (χ0v) is 16.2. The van der Waals surface area contributed by atoms with Crippen LogP contribution in [0.4, 0.5) is 0 Å². The quantitative estimate of drug-likeness (QED) is 0.655. The zero-order valence-electron chi connectivity index (χ0n) is 16.2. The summed E-state index contributed by atoms with van der Waals surface area (Å²) in [6.45, 7) is 5.94. The molecule has 1 unspecified atom stereocenters. The molecule has 1 amide bonds. The molecule has 1 atom stereocenters. The molecule has 1 aromatic heterocycles. The zero-order chi connectivity index (χ0) is 19.2. The average Bonchev–Trinajstić information content (AvgIpc) is 3.05. The van der Waals surface area contributed by atoms with Crippen molar-refractivity contribution in [1.82, 2.24) is 14.9 Å². The smallest absolute Gasteiger partial charge is 0.251 e. The van der Waals surface area contributed by atoms with Gasteiger partial charge in [-0.3, -0.25) is 4.79 Å². The third kappa shape index (κ3) is 4.48. The molecule has 0 saturated heterocycles. The number of carbonyl (C=O) groups is 1. The molecule has 3 aromatic rings. The Labute approximate surface area is 160 Å². The van der Waals surface area contributed by atoms with Crippen molar-refractivity contribution in [2.75, 3.05) is 13.7 Å². The van der Waals surface area contributed by atoms with Gasteiger partial charge in [0.2, 0.25) is 0 Å². The number of fused-ring (bicyclic) bond motifs is 1. The van der Waals surface area contributed by atoms with E-state index >= 15 is 0 Å². The minimum absolute atomic E-state index is 0.0986. The van der Waals surface area contributed by atoms with Gasteiger partial charge in [-0.15, -0.1) is 0 Å². The Hall–Kier alpha value is -2.82. The number of carbonyl (C=O) groups excluding carboxylic acids is 1.